The Kier molecular flexibility index (Phi) is 4.91. The molecule has 6 heteroatoms. The molecule has 0 atom stereocenters. The molecule has 1 aromatic heterocycles. The summed E-state index contributed by atoms with van der Waals surface area (Å²) < 4.78 is 18.2. The fourth-order valence-electron chi connectivity index (χ4n) is 1.02. The molecule has 1 amide bonds. The number of pyridine rings is 1. The van der Waals surface area contributed by atoms with Gasteiger partial charge in [0.05, 0.1) is 25.8 Å². The molecule has 0 saturated carbocycles. The quantitative estimate of drug-likeness (QED) is 0.705. The highest BCUT2D eigenvalue weighted by Gasteiger charge is 2.06. The van der Waals surface area contributed by atoms with Gasteiger partial charge >= 0.3 is 0 Å². The zero-order chi connectivity index (χ0) is 12.7. The number of rotatable bonds is 3. The number of methoxy groups -OCH3 is 1. The van der Waals surface area contributed by atoms with Crippen molar-refractivity contribution in [3.05, 3.63) is 23.6 Å². The van der Waals surface area contributed by atoms with E-state index in [0.29, 0.717) is 0 Å². The van der Waals surface area contributed by atoms with E-state index in [1.807, 2.05) is 0 Å². The van der Waals surface area contributed by atoms with Gasteiger partial charge in [0.1, 0.15) is 0 Å². The molecule has 0 unspecified atom stereocenters. The van der Waals surface area contributed by atoms with Crippen molar-refractivity contribution in [3.63, 3.8) is 0 Å². The minimum Gasteiger partial charge on any atom is -0.479 e. The van der Waals surface area contributed by atoms with Crippen molar-refractivity contribution in [1.82, 2.24) is 10.3 Å². The smallest absolute Gasteiger partial charge is 0.251 e. The van der Waals surface area contributed by atoms with Gasteiger partial charge in [-0.25, -0.2) is 4.98 Å². The van der Waals surface area contributed by atoms with Gasteiger partial charge in [0, 0.05) is 6.20 Å². The Bertz CT molecular complexity index is 466. The van der Waals surface area contributed by atoms with Crippen LogP contribution in [0.15, 0.2) is 12.3 Å². The van der Waals surface area contributed by atoms with Crippen LogP contribution in [0.1, 0.15) is 5.56 Å². The van der Waals surface area contributed by atoms with Crippen LogP contribution in [-0.4, -0.2) is 31.1 Å². The lowest BCUT2D eigenvalue weighted by Crippen LogP contribution is -2.30. The number of amides is 1. The van der Waals surface area contributed by atoms with E-state index in [0.717, 1.165) is 0 Å². The van der Waals surface area contributed by atoms with Crippen LogP contribution in [0.4, 0.5) is 4.39 Å². The van der Waals surface area contributed by atoms with Crippen LogP contribution in [0, 0.1) is 17.7 Å². The average molecular weight is 237 g/mol. The number of ether oxygens (including phenoxy) is 1. The molecule has 1 rings (SSSR count). The maximum atomic E-state index is 13.5. The van der Waals surface area contributed by atoms with Crippen molar-refractivity contribution in [1.29, 1.82) is 0 Å². The van der Waals surface area contributed by atoms with Crippen molar-refractivity contribution < 1.29 is 13.9 Å². The molecule has 17 heavy (non-hydrogen) atoms. The molecule has 0 radical (unpaired) electrons. The van der Waals surface area contributed by atoms with Gasteiger partial charge in [-0.1, -0.05) is 11.8 Å². The topological polar surface area (TPSA) is 77.2 Å². The van der Waals surface area contributed by atoms with E-state index in [9.17, 15) is 9.18 Å². The number of nitrogens with one attached hydrogen (secondary N) is 1. The second-order valence-corrected chi connectivity index (χ2v) is 2.96. The molecule has 0 aliphatic carbocycles. The monoisotopic (exact) mass is 237 g/mol. The van der Waals surface area contributed by atoms with Crippen molar-refractivity contribution in [3.8, 4) is 17.7 Å². The predicted molar refractivity (Wildman–Crippen MR) is 59.7 cm³/mol. The third-order valence-corrected chi connectivity index (χ3v) is 1.83. The molecule has 0 aliphatic rings. The van der Waals surface area contributed by atoms with Gasteiger partial charge in [0.15, 0.2) is 0 Å². The van der Waals surface area contributed by atoms with Gasteiger partial charge < -0.3 is 15.8 Å². The van der Waals surface area contributed by atoms with Crippen molar-refractivity contribution in [2.45, 2.75) is 0 Å². The Labute approximate surface area is 98.2 Å². The fourth-order valence-corrected chi connectivity index (χ4v) is 1.02. The summed E-state index contributed by atoms with van der Waals surface area (Å²) in [4.78, 5) is 14.5. The molecule has 90 valence electrons. The molecule has 3 N–H and O–H groups in total. The predicted octanol–water partition coefficient (Wildman–Crippen LogP) is -0.344. The van der Waals surface area contributed by atoms with E-state index in [2.05, 4.69) is 22.1 Å². The Morgan fingerprint density at radius 2 is 2.47 bits per heavy atom. The Balaban J connectivity index is 2.69. The highest BCUT2D eigenvalue weighted by Crippen LogP contribution is 2.15. The zero-order valence-electron chi connectivity index (χ0n) is 9.29. The van der Waals surface area contributed by atoms with Gasteiger partial charge in [-0.2, -0.15) is 4.39 Å². The molecule has 0 spiro atoms. The lowest BCUT2D eigenvalue weighted by atomic mass is 10.2. The van der Waals surface area contributed by atoms with Crippen LogP contribution in [0.3, 0.4) is 0 Å². The number of halogens is 1. The van der Waals surface area contributed by atoms with Gasteiger partial charge in [0.25, 0.3) is 5.88 Å². The molecule has 0 aromatic carbocycles. The summed E-state index contributed by atoms with van der Waals surface area (Å²) in [6.45, 7) is 0.0131. The summed E-state index contributed by atoms with van der Waals surface area (Å²) in [5.41, 5.74) is 5.25. The van der Waals surface area contributed by atoms with E-state index < -0.39 is 5.82 Å². The molecule has 0 aliphatic heterocycles. The fraction of sp³-hybridized carbons (Fsp3) is 0.273. The summed E-state index contributed by atoms with van der Waals surface area (Å²) in [6.07, 6.45) is 1.39. The minimum atomic E-state index is -0.618. The largest absolute Gasteiger partial charge is 0.479 e. The number of aromatic nitrogens is 1. The molecule has 0 bridgehead atoms. The van der Waals surface area contributed by atoms with E-state index >= 15 is 0 Å². The van der Waals surface area contributed by atoms with Gasteiger partial charge in [-0.3, -0.25) is 4.79 Å². The van der Waals surface area contributed by atoms with Crippen LogP contribution in [-0.2, 0) is 4.79 Å². The number of nitrogens with two attached hydrogens (primary N) is 1. The SMILES string of the molecule is COc1nccc(C#CCNC(=O)CN)c1F. The second-order valence-electron chi connectivity index (χ2n) is 2.96. The first kappa shape index (κ1) is 12.9. The number of nitrogens with zero attached hydrogens (tertiary/aromatic N) is 1. The molecule has 0 saturated heterocycles. The molecular weight excluding hydrogens is 225 g/mol. The normalized spacial score (nSPS) is 9.12. The van der Waals surface area contributed by atoms with E-state index in [1.165, 1.54) is 19.4 Å². The van der Waals surface area contributed by atoms with Crippen molar-refractivity contribution in [2.75, 3.05) is 20.2 Å². The first-order valence-corrected chi connectivity index (χ1v) is 4.83. The molecular formula is C11H12FN3O2. The van der Waals surface area contributed by atoms with E-state index in [-0.39, 0.29) is 30.4 Å². The first-order valence-electron chi connectivity index (χ1n) is 4.83. The maximum absolute atomic E-state index is 13.5. The lowest BCUT2D eigenvalue weighted by Gasteiger charge is -2.00. The van der Waals surface area contributed by atoms with Crippen LogP contribution in [0.25, 0.3) is 0 Å². The standard InChI is InChI=1S/C11H12FN3O2/c1-17-11-10(12)8(4-6-15-11)3-2-5-14-9(16)7-13/h4,6H,5,7,13H2,1H3,(H,14,16). The third kappa shape index (κ3) is 3.74. The second kappa shape index (κ2) is 6.45. The van der Waals surface area contributed by atoms with Crippen LogP contribution >= 0.6 is 0 Å². The Morgan fingerprint density at radius 1 is 1.71 bits per heavy atom. The molecule has 1 heterocycles. The number of carbonyl (C=O) groups is 1. The number of carbonyl (C=O) groups excluding carboxylic acids is 1. The van der Waals surface area contributed by atoms with Crippen LogP contribution in [0.5, 0.6) is 5.88 Å². The van der Waals surface area contributed by atoms with Gasteiger partial charge in [0.2, 0.25) is 11.7 Å². The highest BCUT2D eigenvalue weighted by atomic mass is 19.1. The summed E-state index contributed by atoms with van der Waals surface area (Å²) >= 11 is 0. The first-order chi connectivity index (χ1) is 8.19. The zero-order valence-corrected chi connectivity index (χ0v) is 9.29. The Morgan fingerprint density at radius 3 is 3.12 bits per heavy atom. The van der Waals surface area contributed by atoms with Crippen molar-refractivity contribution in [2.24, 2.45) is 5.73 Å². The third-order valence-electron chi connectivity index (χ3n) is 1.83. The Hall–Kier alpha value is -2.13. The number of hydrogen-bond donors (Lipinski definition) is 2. The summed E-state index contributed by atoms with van der Waals surface area (Å²) in [5, 5.41) is 2.44. The average Bonchev–Trinajstić information content (AvgIpc) is 2.36. The molecule has 0 fully saturated rings. The highest BCUT2D eigenvalue weighted by molar-refractivity contribution is 5.77. The molecule has 1 aromatic rings. The van der Waals surface area contributed by atoms with E-state index in [1.54, 1.807) is 0 Å². The maximum Gasteiger partial charge on any atom is 0.251 e. The van der Waals surface area contributed by atoms with Crippen LogP contribution < -0.4 is 15.8 Å². The van der Waals surface area contributed by atoms with Crippen LogP contribution in [0.2, 0.25) is 0 Å². The van der Waals surface area contributed by atoms with Crippen molar-refractivity contribution >= 4 is 5.91 Å². The minimum absolute atomic E-state index is 0.0981. The molecule has 5 nitrogen and oxygen atoms in total. The summed E-state index contributed by atoms with van der Waals surface area (Å²) in [5.74, 6) is 4.13. The summed E-state index contributed by atoms with van der Waals surface area (Å²) in [7, 11) is 1.32. The lowest BCUT2D eigenvalue weighted by molar-refractivity contribution is -0.119. The summed E-state index contributed by atoms with van der Waals surface area (Å²) in [6, 6.07) is 1.43. The van der Waals surface area contributed by atoms with E-state index in [4.69, 9.17) is 10.5 Å². The number of hydrogen-bond acceptors (Lipinski definition) is 4. The van der Waals surface area contributed by atoms with Gasteiger partial charge in [-0.05, 0) is 6.07 Å². The van der Waals surface area contributed by atoms with Gasteiger partial charge in [-0.15, -0.1) is 0 Å².